The smallest absolute Gasteiger partial charge is 0.127 e. The molecule has 1 atom stereocenters. The van der Waals surface area contributed by atoms with Gasteiger partial charge < -0.3 is 4.79 Å². The van der Waals surface area contributed by atoms with Gasteiger partial charge in [0.1, 0.15) is 6.29 Å². The van der Waals surface area contributed by atoms with Gasteiger partial charge >= 0.3 is 0 Å². The lowest BCUT2D eigenvalue weighted by Gasteiger charge is -2.05. The maximum atomic E-state index is 10.5. The highest BCUT2D eigenvalue weighted by Crippen LogP contribution is 2.11. The van der Waals surface area contributed by atoms with Crippen LogP contribution < -0.4 is 0 Å². The predicted octanol–water partition coefficient (Wildman–Crippen LogP) is 2.73. The first-order valence-electron chi connectivity index (χ1n) is 3.82. The van der Waals surface area contributed by atoms with Crippen molar-refractivity contribution in [3.8, 4) is 0 Å². The van der Waals surface area contributed by atoms with Gasteiger partial charge in [0.2, 0.25) is 0 Å². The summed E-state index contributed by atoms with van der Waals surface area (Å²) in [5, 5.41) is 0. The van der Waals surface area contributed by atoms with E-state index in [4.69, 9.17) is 0 Å². The normalized spacial score (nSPS) is 11.9. The maximum absolute atomic E-state index is 10.5. The molecule has 0 aliphatic heterocycles. The largest absolute Gasteiger partial charge is 0.303 e. The van der Waals surface area contributed by atoms with Crippen LogP contribution in [-0.4, -0.2) is 6.29 Å². The zero-order chi connectivity index (χ0) is 8.85. The first-order valence-corrected chi connectivity index (χ1v) is 3.82. The maximum Gasteiger partial charge on any atom is 0.127 e. The van der Waals surface area contributed by atoms with E-state index >= 15 is 0 Å². The molecular weight excluding hydrogens is 136 g/mol. The molecule has 62 valence electrons. The first kappa shape index (κ1) is 10.2. The molecular formula is C10H16O. The lowest BCUT2D eigenvalue weighted by atomic mass is 9.99. The summed E-state index contributed by atoms with van der Waals surface area (Å²) in [5.41, 5.74) is 2.19. The molecule has 0 unspecified atom stereocenters. The number of hydrogen-bond acceptors (Lipinski definition) is 1. The van der Waals surface area contributed by atoms with E-state index in [2.05, 4.69) is 12.7 Å². The van der Waals surface area contributed by atoms with Crippen molar-refractivity contribution in [1.82, 2.24) is 0 Å². The van der Waals surface area contributed by atoms with Crippen LogP contribution in [0.5, 0.6) is 0 Å². The van der Waals surface area contributed by atoms with E-state index in [-0.39, 0.29) is 5.92 Å². The van der Waals surface area contributed by atoms with Crippen molar-refractivity contribution < 1.29 is 4.79 Å². The molecule has 0 amide bonds. The molecule has 0 heterocycles. The third-order valence-electron chi connectivity index (χ3n) is 1.58. The Hall–Kier alpha value is -0.850. The molecule has 0 fully saturated rings. The van der Waals surface area contributed by atoms with Crippen LogP contribution in [0.15, 0.2) is 23.8 Å². The van der Waals surface area contributed by atoms with E-state index in [1.807, 2.05) is 20.8 Å². The lowest BCUT2D eigenvalue weighted by molar-refractivity contribution is -0.110. The van der Waals surface area contributed by atoms with Gasteiger partial charge in [-0.3, -0.25) is 0 Å². The number of allylic oxidation sites excluding steroid dienone is 3. The van der Waals surface area contributed by atoms with Crippen LogP contribution in [0, 0.1) is 5.92 Å². The second-order valence-electron chi connectivity index (χ2n) is 3.11. The van der Waals surface area contributed by atoms with Gasteiger partial charge in [0.15, 0.2) is 0 Å². The molecule has 0 saturated heterocycles. The molecule has 0 aliphatic carbocycles. The van der Waals surface area contributed by atoms with Crippen molar-refractivity contribution in [3.05, 3.63) is 23.8 Å². The Morgan fingerprint density at radius 2 is 2.00 bits per heavy atom. The van der Waals surface area contributed by atoms with E-state index < -0.39 is 0 Å². The number of aldehydes is 1. The zero-order valence-electron chi connectivity index (χ0n) is 7.55. The molecule has 0 bridgehead atoms. The summed E-state index contributed by atoms with van der Waals surface area (Å²) in [5.74, 6) is 0.00454. The van der Waals surface area contributed by atoms with Crippen LogP contribution in [0.25, 0.3) is 0 Å². The average molecular weight is 152 g/mol. The average Bonchev–Trinajstić information content (AvgIpc) is 1.87. The van der Waals surface area contributed by atoms with Gasteiger partial charge in [-0.05, 0) is 27.2 Å². The molecule has 0 aliphatic rings. The number of rotatable bonds is 4. The minimum atomic E-state index is 0.00454. The molecule has 1 nitrogen and oxygen atoms in total. The van der Waals surface area contributed by atoms with Crippen molar-refractivity contribution in [1.29, 1.82) is 0 Å². The van der Waals surface area contributed by atoms with Crippen molar-refractivity contribution >= 4 is 6.29 Å². The van der Waals surface area contributed by atoms with Gasteiger partial charge in [0.25, 0.3) is 0 Å². The van der Waals surface area contributed by atoms with Gasteiger partial charge in [0, 0.05) is 5.92 Å². The van der Waals surface area contributed by atoms with E-state index in [9.17, 15) is 4.79 Å². The van der Waals surface area contributed by atoms with Gasteiger partial charge in [-0.15, -0.1) is 0 Å². The summed E-state index contributed by atoms with van der Waals surface area (Å²) >= 11 is 0. The Morgan fingerprint density at radius 1 is 1.45 bits per heavy atom. The molecule has 1 heteroatoms. The summed E-state index contributed by atoms with van der Waals surface area (Å²) in [6.45, 7) is 9.69. The second-order valence-corrected chi connectivity index (χ2v) is 3.11. The summed E-state index contributed by atoms with van der Waals surface area (Å²) in [7, 11) is 0. The Bertz CT molecular complexity index is 173. The SMILES string of the molecule is C=C(C)[C@H](C=O)CC=C(C)C. The minimum Gasteiger partial charge on any atom is -0.303 e. The van der Waals surface area contributed by atoms with Crippen LogP contribution in [0.4, 0.5) is 0 Å². The highest BCUT2D eigenvalue weighted by molar-refractivity contribution is 5.58. The van der Waals surface area contributed by atoms with E-state index in [1.165, 1.54) is 5.57 Å². The number of hydrogen-bond donors (Lipinski definition) is 0. The number of carbonyl (C=O) groups is 1. The van der Waals surface area contributed by atoms with Crippen LogP contribution in [-0.2, 0) is 4.79 Å². The highest BCUT2D eigenvalue weighted by Gasteiger charge is 2.04. The highest BCUT2D eigenvalue weighted by atomic mass is 16.1. The van der Waals surface area contributed by atoms with Gasteiger partial charge in [-0.2, -0.15) is 0 Å². The molecule has 0 aromatic rings. The minimum absolute atomic E-state index is 0.00454. The second kappa shape index (κ2) is 4.89. The molecule has 0 aromatic heterocycles. The van der Waals surface area contributed by atoms with E-state index in [0.717, 1.165) is 18.3 Å². The fraction of sp³-hybridized carbons (Fsp3) is 0.500. The molecule has 0 rings (SSSR count). The van der Waals surface area contributed by atoms with Crippen LogP contribution >= 0.6 is 0 Å². The summed E-state index contributed by atoms with van der Waals surface area (Å²) in [4.78, 5) is 10.5. The van der Waals surface area contributed by atoms with Crippen molar-refractivity contribution in [3.63, 3.8) is 0 Å². The Morgan fingerprint density at radius 3 is 2.27 bits per heavy atom. The Balaban J connectivity index is 3.99. The standard InChI is InChI=1S/C10H16O/c1-8(2)5-6-10(7-11)9(3)4/h5,7,10H,3,6H2,1-2,4H3/t10-/m0/s1. The first-order chi connectivity index (χ1) is 5.07. The zero-order valence-corrected chi connectivity index (χ0v) is 7.55. The fourth-order valence-electron chi connectivity index (χ4n) is 0.736. The van der Waals surface area contributed by atoms with E-state index in [1.54, 1.807) is 0 Å². The summed E-state index contributed by atoms with van der Waals surface area (Å²) in [6, 6.07) is 0. The fourth-order valence-corrected chi connectivity index (χ4v) is 0.736. The predicted molar refractivity (Wildman–Crippen MR) is 48.4 cm³/mol. The third-order valence-corrected chi connectivity index (χ3v) is 1.58. The van der Waals surface area contributed by atoms with Gasteiger partial charge in [0.05, 0.1) is 0 Å². The molecule has 11 heavy (non-hydrogen) atoms. The molecule has 0 aromatic carbocycles. The molecule has 0 saturated carbocycles. The van der Waals surface area contributed by atoms with Crippen molar-refractivity contribution in [2.24, 2.45) is 5.92 Å². The van der Waals surface area contributed by atoms with Crippen molar-refractivity contribution in [2.45, 2.75) is 27.2 Å². The van der Waals surface area contributed by atoms with E-state index in [0.29, 0.717) is 0 Å². The van der Waals surface area contributed by atoms with Gasteiger partial charge in [-0.25, -0.2) is 0 Å². The quantitative estimate of drug-likeness (QED) is 0.447. The Labute approximate surface area is 68.8 Å². The Kier molecular flexibility index (Phi) is 4.51. The lowest BCUT2D eigenvalue weighted by Crippen LogP contribution is -2.00. The van der Waals surface area contributed by atoms with Crippen LogP contribution in [0.1, 0.15) is 27.2 Å². The summed E-state index contributed by atoms with van der Waals surface area (Å²) < 4.78 is 0. The molecule has 0 spiro atoms. The molecule has 0 radical (unpaired) electrons. The summed E-state index contributed by atoms with van der Waals surface area (Å²) in [6.07, 6.45) is 3.82. The topological polar surface area (TPSA) is 17.1 Å². The molecule has 0 N–H and O–H groups in total. The van der Waals surface area contributed by atoms with Crippen molar-refractivity contribution in [2.75, 3.05) is 0 Å². The monoisotopic (exact) mass is 152 g/mol. The van der Waals surface area contributed by atoms with Crippen LogP contribution in [0.3, 0.4) is 0 Å². The number of carbonyl (C=O) groups excluding carboxylic acids is 1. The third kappa shape index (κ3) is 4.54. The van der Waals surface area contributed by atoms with Crippen LogP contribution in [0.2, 0.25) is 0 Å². The van der Waals surface area contributed by atoms with Gasteiger partial charge in [-0.1, -0.05) is 23.8 Å².